The maximum absolute atomic E-state index is 2.52. The molecule has 0 aliphatic rings. The fourth-order valence-electron chi connectivity index (χ4n) is 14.9. The molecule has 0 radical (unpaired) electrons. The van der Waals surface area contributed by atoms with Gasteiger partial charge in [0.1, 0.15) is 0 Å². The summed E-state index contributed by atoms with van der Waals surface area (Å²) in [5, 5.41) is 0. The van der Waals surface area contributed by atoms with E-state index in [1.807, 2.05) is 0 Å². The van der Waals surface area contributed by atoms with E-state index < -0.39 is 0 Å². The highest BCUT2D eigenvalue weighted by atomic mass is 15.4. The van der Waals surface area contributed by atoms with Crippen molar-refractivity contribution >= 4 is 0 Å². The summed E-state index contributed by atoms with van der Waals surface area (Å²) >= 11 is 0. The van der Waals surface area contributed by atoms with Crippen molar-refractivity contribution in [3.05, 3.63) is 0 Å². The van der Waals surface area contributed by atoms with Gasteiger partial charge in [-0.3, -0.25) is 0 Å². The summed E-state index contributed by atoms with van der Waals surface area (Å²) in [7, 11) is 0. The molecule has 0 saturated heterocycles. The molecule has 0 spiro atoms. The summed E-state index contributed by atoms with van der Waals surface area (Å²) in [6.07, 6.45) is 95.3. The molecule has 0 fully saturated rings. The Morgan fingerprint density at radius 1 is 0.146 bits per heavy atom. The van der Waals surface area contributed by atoms with Crippen LogP contribution in [0.2, 0.25) is 0 Å². The van der Waals surface area contributed by atoms with Crippen LogP contribution in [0.1, 0.15) is 466 Å². The van der Waals surface area contributed by atoms with Gasteiger partial charge in [0.05, 0.1) is 51.9 Å². The van der Waals surface area contributed by atoms with Crippen molar-refractivity contribution in [1.82, 2.24) is 0 Å². The van der Waals surface area contributed by atoms with Gasteiger partial charge >= 0.3 is 0 Å². The van der Waals surface area contributed by atoms with Gasteiger partial charge in [0, 0.05) is 12.8 Å². The van der Waals surface area contributed by atoms with Crippen LogP contribution in [0.4, 0.5) is 0 Å². The van der Waals surface area contributed by atoms with Crippen LogP contribution in [0.5, 0.6) is 0 Å². The van der Waals surface area contributed by atoms with Gasteiger partial charge in [-0.15, -0.1) is 0 Å². The highest BCUT2D eigenvalue weighted by Crippen LogP contribution is 2.31. The first-order chi connectivity index (χ1) is 40.5. The van der Waals surface area contributed by atoms with Gasteiger partial charge in [-0.1, -0.05) is 363 Å². The molecule has 494 valence electrons. The van der Waals surface area contributed by atoms with Gasteiger partial charge in [0.25, 0.3) is 0 Å². The van der Waals surface area contributed by atoms with E-state index in [1.54, 1.807) is 0 Å². The van der Waals surface area contributed by atoms with Gasteiger partial charge in [-0.25, -0.2) is 0 Å². The molecule has 0 rings (SSSR count). The molecule has 0 aliphatic heterocycles. The molecule has 0 aliphatic carbocycles. The van der Waals surface area contributed by atoms with E-state index >= 15 is 0 Å². The highest BCUT2D eigenvalue weighted by Gasteiger charge is 2.36. The average molecular weight is 1160 g/mol. The zero-order chi connectivity index (χ0) is 59.5. The maximum Gasteiger partial charge on any atom is 0.0892 e. The summed E-state index contributed by atoms with van der Waals surface area (Å²) < 4.78 is 3.00. The zero-order valence-corrected chi connectivity index (χ0v) is 59.4. The van der Waals surface area contributed by atoms with Gasteiger partial charge < -0.3 is 8.97 Å². The van der Waals surface area contributed by atoms with E-state index in [0.29, 0.717) is 0 Å². The van der Waals surface area contributed by atoms with Crippen LogP contribution in [0.25, 0.3) is 0 Å². The Morgan fingerprint density at radius 3 is 0.488 bits per heavy atom. The molecule has 0 amide bonds. The predicted molar refractivity (Wildman–Crippen MR) is 378 cm³/mol. The Morgan fingerprint density at radius 2 is 0.293 bits per heavy atom. The lowest BCUT2D eigenvalue weighted by Crippen LogP contribution is -2.57. The highest BCUT2D eigenvalue weighted by molar-refractivity contribution is 4.67. The monoisotopic (exact) mass is 1160 g/mol. The molecule has 1 unspecified atom stereocenters. The second-order valence-corrected chi connectivity index (χ2v) is 28.7. The van der Waals surface area contributed by atoms with Crippen molar-refractivity contribution < 1.29 is 8.97 Å². The number of rotatable bonds is 74. The topological polar surface area (TPSA) is 0 Å². The second-order valence-electron chi connectivity index (χ2n) is 28.7. The van der Waals surface area contributed by atoms with Crippen LogP contribution in [0, 0.1) is 0 Å². The molecule has 0 N–H and O–H groups in total. The Kier molecular flexibility index (Phi) is 68.3. The molecule has 0 bridgehead atoms. The Bertz CT molecular complexity index is 1010. The number of nitrogens with zero attached hydrogens (tertiary/aromatic N) is 2. The number of hydrogen-bond acceptors (Lipinski definition) is 0. The lowest BCUT2D eigenvalue weighted by molar-refractivity contribution is -0.954. The first-order valence-electron chi connectivity index (χ1n) is 40.2. The lowest BCUT2D eigenvalue weighted by Gasteiger charge is -2.47. The van der Waals surface area contributed by atoms with Crippen LogP contribution < -0.4 is 0 Å². The number of quaternary nitrogens is 2. The molecule has 82 heavy (non-hydrogen) atoms. The minimum atomic E-state index is 0.879. The first-order valence-corrected chi connectivity index (χ1v) is 40.2. The fourth-order valence-corrected chi connectivity index (χ4v) is 14.9. The fraction of sp³-hybridized carbons (Fsp3) is 1.00. The van der Waals surface area contributed by atoms with E-state index in [9.17, 15) is 0 Å². The Hall–Kier alpha value is -0.0800. The van der Waals surface area contributed by atoms with E-state index in [2.05, 4.69) is 48.5 Å². The van der Waals surface area contributed by atoms with E-state index in [4.69, 9.17) is 0 Å². The summed E-state index contributed by atoms with van der Waals surface area (Å²) in [5.41, 5.74) is 0. The smallest absolute Gasteiger partial charge is 0.0892 e. The molecule has 0 aromatic carbocycles. The summed E-state index contributed by atoms with van der Waals surface area (Å²) in [6, 6.07) is 0.879. The summed E-state index contributed by atoms with van der Waals surface area (Å²) in [4.78, 5) is 0. The largest absolute Gasteiger partial charge is 0.324 e. The third-order valence-electron chi connectivity index (χ3n) is 20.7. The van der Waals surface area contributed by atoms with Crippen molar-refractivity contribution in [3.63, 3.8) is 0 Å². The van der Waals surface area contributed by atoms with Gasteiger partial charge in [-0.2, -0.15) is 0 Å². The SMILES string of the molecule is CCCCCCCCCCCC[N+](CCCCCCCCCCCC)(CCCCCCCCCCCC)CCCC(CCCC)[N+](CCCCCCCCCCCC)(CCCCCCCCCCCC)CCCCCCCCCCCC. The quantitative estimate of drug-likeness (QED) is 0.0421. The molecule has 0 heterocycles. The van der Waals surface area contributed by atoms with Crippen LogP contribution in [0.3, 0.4) is 0 Å². The van der Waals surface area contributed by atoms with E-state index in [0.717, 1.165) is 6.04 Å². The molecule has 1 atom stereocenters. The van der Waals surface area contributed by atoms with E-state index in [1.165, 1.54) is 472 Å². The van der Waals surface area contributed by atoms with Crippen molar-refractivity contribution in [2.24, 2.45) is 0 Å². The molecule has 0 aromatic rings. The molecule has 0 saturated carbocycles. The normalized spacial score (nSPS) is 12.6. The van der Waals surface area contributed by atoms with Crippen molar-refractivity contribution in [1.29, 1.82) is 0 Å². The Balaban J connectivity index is 6.72. The predicted octanol–water partition coefficient (Wildman–Crippen LogP) is 28.5. The third kappa shape index (κ3) is 55.2. The minimum absolute atomic E-state index is 0.879. The van der Waals surface area contributed by atoms with Gasteiger partial charge in [-0.05, 0) is 89.9 Å². The number of hydrogen-bond donors (Lipinski definition) is 0. The van der Waals surface area contributed by atoms with Crippen LogP contribution in [0.15, 0.2) is 0 Å². The second kappa shape index (κ2) is 68.4. The Labute approximate surface area is 524 Å². The maximum atomic E-state index is 2.52. The van der Waals surface area contributed by atoms with Crippen molar-refractivity contribution in [2.45, 2.75) is 472 Å². The molecular formula is C80H166N2+2. The van der Waals surface area contributed by atoms with Gasteiger partial charge in [0.15, 0.2) is 0 Å². The summed E-state index contributed by atoms with van der Waals surface area (Å²) in [6.45, 7) is 27.1. The van der Waals surface area contributed by atoms with Crippen LogP contribution >= 0.6 is 0 Å². The van der Waals surface area contributed by atoms with Crippen molar-refractivity contribution in [3.8, 4) is 0 Å². The minimum Gasteiger partial charge on any atom is -0.324 e. The van der Waals surface area contributed by atoms with Crippen LogP contribution in [-0.4, -0.2) is 60.8 Å². The average Bonchev–Trinajstić information content (AvgIpc) is 3.48. The summed E-state index contributed by atoms with van der Waals surface area (Å²) in [5.74, 6) is 0. The third-order valence-corrected chi connectivity index (χ3v) is 20.7. The molecule has 2 nitrogen and oxygen atoms in total. The standard InChI is InChI=1S/C80H166N2/c1-8-15-22-28-34-40-46-52-58-64-73-81(74-65-59-53-47-41-35-29-23-16-9-2,75-66-60-54-48-42-36-30-24-17-10-3)76-70-72-80(71-21-14-7)82(77-67-61-55-49-43-37-31-25-18-11-4,78-68-62-56-50-44-38-32-26-19-12-5)79-69-63-57-51-45-39-33-27-20-13-6/h80H,8-79H2,1-7H3/q+2. The molecule has 2 heteroatoms. The molecular weight excluding hydrogens is 989 g/mol. The van der Waals surface area contributed by atoms with Crippen molar-refractivity contribution in [2.75, 3.05) is 45.8 Å². The first kappa shape index (κ1) is 81.9. The molecule has 0 aromatic heterocycles. The van der Waals surface area contributed by atoms with Gasteiger partial charge in [0.2, 0.25) is 0 Å². The zero-order valence-electron chi connectivity index (χ0n) is 59.4. The number of unbranched alkanes of at least 4 members (excludes halogenated alkanes) is 55. The van der Waals surface area contributed by atoms with E-state index in [-0.39, 0.29) is 0 Å². The van der Waals surface area contributed by atoms with Crippen LogP contribution in [-0.2, 0) is 0 Å². The lowest BCUT2D eigenvalue weighted by atomic mass is 9.95.